The molecule has 1 aliphatic heterocycles. The number of halogens is 1. The van der Waals surface area contributed by atoms with E-state index in [0.29, 0.717) is 0 Å². The van der Waals surface area contributed by atoms with E-state index in [1.165, 1.54) is 0 Å². The Labute approximate surface area is 59.4 Å². The van der Waals surface area contributed by atoms with Crippen LogP contribution in [-0.2, 0) is 9.59 Å². The number of nitrogens with one attached hydrogen (secondary N) is 1. The minimum Gasteiger partial charge on any atom is -0.291 e. The largest absolute Gasteiger partial charge is 0.291 e. The normalized spacial score (nSPS) is 19.0. The minimum absolute atomic E-state index is 0.107. The Morgan fingerprint density at radius 1 is 1.56 bits per heavy atom. The second-order valence-electron chi connectivity index (χ2n) is 1.54. The zero-order valence-corrected chi connectivity index (χ0v) is 5.93. The van der Waals surface area contributed by atoms with Gasteiger partial charge in [0, 0.05) is 0 Å². The van der Waals surface area contributed by atoms with Crippen molar-refractivity contribution in [3.8, 4) is 0 Å². The van der Waals surface area contributed by atoms with Crippen molar-refractivity contribution in [3.05, 3.63) is 0 Å². The lowest BCUT2D eigenvalue weighted by atomic mass is 10.3. The Morgan fingerprint density at radius 2 is 2.22 bits per heavy atom. The molecule has 0 radical (unpaired) electrons. The maximum absolute atomic E-state index is 10.6. The third-order valence-electron chi connectivity index (χ3n) is 0.830. The number of Topliss-reactive ketones (excluding diaryl/α,β-unsaturated/α-hetero) is 1. The van der Waals surface area contributed by atoms with Crippen LogP contribution in [0.15, 0.2) is 5.10 Å². The van der Waals surface area contributed by atoms with Crippen molar-refractivity contribution < 1.29 is 9.59 Å². The van der Waals surface area contributed by atoms with Gasteiger partial charge in [0.25, 0.3) is 0 Å². The molecule has 0 spiro atoms. The van der Waals surface area contributed by atoms with Crippen LogP contribution in [0.2, 0.25) is 0 Å². The summed E-state index contributed by atoms with van der Waals surface area (Å²) in [5.74, 6) is -0.637. The average Bonchev–Trinajstić information content (AvgIpc) is 1.80. The van der Waals surface area contributed by atoms with E-state index in [-0.39, 0.29) is 22.7 Å². The lowest BCUT2D eigenvalue weighted by Crippen LogP contribution is -2.30. The predicted octanol–water partition coefficient (Wildman–Crippen LogP) is -0.216. The van der Waals surface area contributed by atoms with Crippen LogP contribution in [-0.4, -0.2) is 16.3 Å². The van der Waals surface area contributed by atoms with Gasteiger partial charge in [-0.2, -0.15) is 5.10 Å². The van der Waals surface area contributed by atoms with Gasteiger partial charge in [-0.25, -0.2) is 5.43 Å². The lowest BCUT2D eigenvalue weighted by molar-refractivity contribution is -0.126. The second-order valence-corrected chi connectivity index (χ2v) is 2.29. The number of nitrogens with zero attached hydrogens (tertiary/aromatic N) is 1. The molecule has 0 aromatic rings. The predicted molar refractivity (Wildman–Crippen MR) is 34.1 cm³/mol. The van der Waals surface area contributed by atoms with Crippen molar-refractivity contribution in [1.29, 1.82) is 0 Å². The molecule has 0 saturated carbocycles. The Hall–Kier alpha value is -0.710. The Morgan fingerprint density at radius 3 is 2.67 bits per heavy atom. The van der Waals surface area contributed by atoms with Crippen LogP contribution in [0.3, 0.4) is 0 Å². The monoisotopic (exact) mass is 190 g/mol. The molecule has 1 heterocycles. The molecule has 0 aromatic heterocycles. The molecule has 5 heteroatoms. The number of hydrazone groups is 1. The van der Waals surface area contributed by atoms with Gasteiger partial charge in [-0.15, -0.1) is 0 Å². The van der Waals surface area contributed by atoms with Gasteiger partial charge in [0.1, 0.15) is 0 Å². The summed E-state index contributed by atoms with van der Waals surface area (Å²) in [7, 11) is 0. The molecule has 0 atom stereocenters. The van der Waals surface area contributed by atoms with Crippen molar-refractivity contribution in [2.24, 2.45) is 5.10 Å². The van der Waals surface area contributed by atoms with Crippen molar-refractivity contribution in [3.63, 3.8) is 0 Å². The van der Waals surface area contributed by atoms with E-state index in [1.807, 2.05) is 0 Å². The summed E-state index contributed by atoms with van der Waals surface area (Å²) >= 11 is 2.87. The number of rotatable bonds is 0. The molecule has 48 valence electrons. The van der Waals surface area contributed by atoms with Crippen molar-refractivity contribution in [2.45, 2.75) is 6.42 Å². The van der Waals surface area contributed by atoms with Gasteiger partial charge in [0.2, 0.25) is 5.91 Å². The molecule has 1 aliphatic rings. The highest BCUT2D eigenvalue weighted by Gasteiger charge is 2.17. The molecule has 9 heavy (non-hydrogen) atoms. The number of hydrogen-bond acceptors (Lipinski definition) is 3. The molecule has 4 nitrogen and oxygen atoms in total. The highest BCUT2D eigenvalue weighted by atomic mass is 79.9. The van der Waals surface area contributed by atoms with Gasteiger partial charge in [-0.3, -0.25) is 9.59 Å². The van der Waals surface area contributed by atoms with Gasteiger partial charge in [-0.05, 0) is 15.9 Å². The molecule has 1 rings (SSSR count). The average molecular weight is 191 g/mol. The summed E-state index contributed by atoms with van der Waals surface area (Å²) in [5, 5.41) is 3.38. The third-order valence-corrected chi connectivity index (χ3v) is 1.45. The topological polar surface area (TPSA) is 58.5 Å². The van der Waals surface area contributed by atoms with Crippen LogP contribution in [0.25, 0.3) is 0 Å². The van der Waals surface area contributed by atoms with E-state index in [9.17, 15) is 9.59 Å². The van der Waals surface area contributed by atoms with Crippen LogP contribution < -0.4 is 5.43 Å². The van der Waals surface area contributed by atoms with Crippen LogP contribution in [0.1, 0.15) is 6.42 Å². The number of carbonyl (C=O) groups is 2. The molecule has 1 N–H and O–H groups in total. The number of hydrogen-bond donors (Lipinski definition) is 1. The minimum atomic E-state index is -0.358. The van der Waals surface area contributed by atoms with Crippen LogP contribution in [0.5, 0.6) is 0 Å². The molecule has 0 aromatic carbocycles. The highest BCUT2D eigenvalue weighted by molar-refractivity contribution is 9.19. The number of ketones is 1. The fourth-order valence-corrected chi connectivity index (χ4v) is 0.661. The van der Waals surface area contributed by atoms with Crippen molar-refractivity contribution >= 4 is 32.2 Å². The van der Waals surface area contributed by atoms with E-state index in [1.54, 1.807) is 0 Å². The molecule has 0 unspecified atom stereocenters. The van der Waals surface area contributed by atoms with E-state index in [2.05, 4.69) is 26.5 Å². The Kier molecular flexibility index (Phi) is 1.61. The Bertz CT molecular complexity index is 199. The van der Waals surface area contributed by atoms with Crippen LogP contribution in [0, 0.1) is 0 Å². The second kappa shape index (κ2) is 2.26. The molecule has 0 aliphatic carbocycles. The SMILES string of the molecule is O=C1CC(=O)C(Br)=NN1. The maximum atomic E-state index is 10.6. The molecular weight excluding hydrogens is 188 g/mol. The molecular formula is C4H3BrN2O2. The first-order chi connectivity index (χ1) is 4.20. The van der Waals surface area contributed by atoms with E-state index in [0.717, 1.165) is 0 Å². The standard InChI is InChI=1S/C4H3BrN2O2/c5-4-2(8)1-3(9)6-7-4/h1H2,(H,6,9). The van der Waals surface area contributed by atoms with E-state index in [4.69, 9.17) is 0 Å². The Balaban J connectivity index is 2.79. The van der Waals surface area contributed by atoms with E-state index >= 15 is 0 Å². The highest BCUT2D eigenvalue weighted by Crippen LogP contribution is 1.99. The zero-order valence-electron chi connectivity index (χ0n) is 4.35. The summed E-state index contributed by atoms with van der Waals surface area (Å²) in [5.41, 5.74) is 2.14. The fourth-order valence-electron chi connectivity index (χ4n) is 0.432. The number of amides is 1. The summed E-state index contributed by atoms with van der Waals surface area (Å²) < 4.78 is 0.183. The molecule has 0 fully saturated rings. The summed E-state index contributed by atoms with van der Waals surface area (Å²) in [6.07, 6.45) is -0.107. The van der Waals surface area contributed by atoms with Gasteiger partial charge >= 0.3 is 0 Å². The smallest absolute Gasteiger partial charge is 0.248 e. The van der Waals surface area contributed by atoms with Gasteiger partial charge in [0.05, 0.1) is 6.42 Å². The van der Waals surface area contributed by atoms with Gasteiger partial charge < -0.3 is 0 Å². The summed E-state index contributed by atoms with van der Waals surface area (Å²) in [6, 6.07) is 0. The van der Waals surface area contributed by atoms with Gasteiger partial charge in [-0.1, -0.05) is 0 Å². The fraction of sp³-hybridized carbons (Fsp3) is 0.250. The first kappa shape index (κ1) is 6.41. The first-order valence-electron chi connectivity index (χ1n) is 2.25. The molecule has 0 saturated heterocycles. The van der Waals surface area contributed by atoms with Crippen molar-refractivity contribution in [2.75, 3.05) is 0 Å². The quantitative estimate of drug-likeness (QED) is 0.538. The first-order valence-corrected chi connectivity index (χ1v) is 3.04. The maximum Gasteiger partial charge on any atom is 0.248 e. The zero-order chi connectivity index (χ0) is 6.85. The summed E-state index contributed by atoms with van der Waals surface area (Å²) in [4.78, 5) is 20.9. The van der Waals surface area contributed by atoms with E-state index < -0.39 is 0 Å². The third kappa shape index (κ3) is 1.35. The molecule has 1 amide bonds. The number of carbonyl (C=O) groups excluding carboxylic acids is 2. The van der Waals surface area contributed by atoms with Crippen molar-refractivity contribution in [1.82, 2.24) is 5.43 Å². The van der Waals surface area contributed by atoms with Gasteiger partial charge in [0.15, 0.2) is 10.4 Å². The van der Waals surface area contributed by atoms with Crippen LogP contribution >= 0.6 is 15.9 Å². The summed E-state index contributed by atoms with van der Waals surface area (Å²) in [6.45, 7) is 0. The van der Waals surface area contributed by atoms with Crippen LogP contribution in [0.4, 0.5) is 0 Å². The molecule has 0 bridgehead atoms. The lowest BCUT2D eigenvalue weighted by Gasteiger charge is -2.03.